The lowest BCUT2D eigenvalue weighted by Gasteiger charge is -2.12. The molecule has 0 aromatic heterocycles. The number of nitrogens with zero attached hydrogens (tertiary/aromatic N) is 1. The summed E-state index contributed by atoms with van der Waals surface area (Å²) < 4.78 is 0. The molecule has 5 nitrogen and oxygen atoms in total. The van der Waals surface area contributed by atoms with E-state index in [4.69, 9.17) is 11.0 Å². The Morgan fingerprint density at radius 1 is 1.38 bits per heavy atom. The molecule has 0 aromatic rings. The van der Waals surface area contributed by atoms with Crippen molar-refractivity contribution in [1.29, 1.82) is 5.26 Å². The number of unbranched alkanes of at least 4 members (excludes halogenated alkanes) is 1. The Bertz CT molecular complexity index is 281. The minimum absolute atomic E-state index is 0.00983. The Hall–Kier alpha value is -1.57. The lowest BCUT2D eigenvalue weighted by atomic mass is 9.97. The van der Waals surface area contributed by atoms with Crippen LogP contribution in [0.4, 0.5) is 0 Å². The smallest absolute Gasteiger partial charge is 0.237 e. The van der Waals surface area contributed by atoms with Crippen LogP contribution in [-0.4, -0.2) is 18.4 Å². The standard InChI is InChI=1S/C11H19N3O2/c1-8(2)9(7-12)11(16)14-6-4-3-5-10(13)15/h8-9H,3-6H2,1-2H3,(H2,13,15)(H,14,16). The summed E-state index contributed by atoms with van der Waals surface area (Å²) in [5.41, 5.74) is 4.97. The molecule has 1 atom stereocenters. The number of amides is 2. The van der Waals surface area contributed by atoms with Crippen molar-refractivity contribution in [2.24, 2.45) is 17.6 Å². The first kappa shape index (κ1) is 14.4. The van der Waals surface area contributed by atoms with Gasteiger partial charge < -0.3 is 11.1 Å². The van der Waals surface area contributed by atoms with Crippen LogP contribution in [0.1, 0.15) is 33.1 Å². The molecule has 0 aliphatic rings. The highest BCUT2D eigenvalue weighted by Gasteiger charge is 2.20. The summed E-state index contributed by atoms with van der Waals surface area (Å²) in [6.45, 7) is 4.15. The number of primary amides is 1. The van der Waals surface area contributed by atoms with E-state index in [1.165, 1.54) is 0 Å². The van der Waals surface area contributed by atoms with Crippen molar-refractivity contribution in [2.45, 2.75) is 33.1 Å². The number of nitrogens with two attached hydrogens (primary N) is 1. The highest BCUT2D eigenvalue weighted by atomic mass is 16.2. The molecule has 0 aliphatic heterocycles. The Balaban J connectivity index is 3.73. The topological polar surface area (TPSA) is 96.0 Å². The van der Waals surface area contributed by atoms with E-state index in [0.717, 1.165) is 0 Å². The molecule has 1 unspecified atom stereocenters. The second-order valence-electron chi connectivity index (χ2n) is 4.07. The molecular weight excluding hydrogens is 206 g/mol. The molecule has 0 heterocycles. The average Bonchev–Trinajstić information content (AvgIpc) is 2.17. The van der Waals surface area contributed by atoms with E-state index < -0.39 is 5.92 Å². The third kappa shape index (κ3) is 6.02. The highest BCUT2D eigenvalue weighted by molar-refractivity contribution is 5.81. The van der Waals surface area contributed by atoms with Crippen molar-refractivity contribution in [3.8, 4) is 6.07 Å². The number of carbonyl (C=O) groups excluding carboxylic acids is 2. The molecule has 0 radical (unpaired) electrons. The van der Waals surface area contributed by atoms with E-state index in [9.17, 15) is 9.59 Å². The van der Waals surface area contributed by atoms with Crippen LogP contribution in [0.5, 0.6) is 0 Å². The molecule has 0 bridgehead atoms. The summed E-state index contributed by atoms with van der Waals surface area (Å²) >= 11 is 0. The van der Waals surface area contributed by atoms with Gasteiger partial charge >= 0.3 is 0 Å². The fourth-order valence-corrected chi connectivity index (χ4v) is 1.26. The number of carbonyl (C=O) groups is 2. The molecule has 0 spiro atoms. The first-order chi connectivity index (χ1) is 7.49. The van der Waals surface area contributed by atoms with Crippen LogP contribution in [0.25, 0.3) is 0 Å². The number of hydrogen-bond donors (Lipinski definition) is 2. The predicted octanol–water partition coefficient (Wildman–Crippen LogP) is 0.554. The van der Waals surface area contributed by atoms with E-state index in [2.05, 4.69) is 5.32 Å². The summed E-state index contributed by atoms with van der Waals surface area (Å²) in [7, 11) is 0. The number of nitrogens with one attached hydrogen (secondary N) is 1. The molecule has 0 fully saturated rings. The van der Waals surface area contributed by atoms with Crippen LogP contribution >= 0.6 is 0 Å². The fraction of sp³-hybridized carbons (Fsp3) is 0.727. The quantitative estimate of drug-likeness (QED) is 0.619. The molecule has 0 rings (SSSR count). The Morgan fingerprint density at radius 3 is 2.44 bits per heavy atom. The molecule has 3 N–H and O–H groups in total. The Morgan fingerprint density at radius 2 is 2.00 bits per heavy atom. The summed E-state index contributed by atoms with van der Waals surface area (Å²) in [6, 6.07) is 1.97. The second-order valence-corrected chi connectivity index (χ2v) is 4.07. The predicted molar refractivity (Wildman–Crippen MR) is 60.0 cm³/mol. The number of nitriles is 1. The van der Waals surface area contributed by atoms with Gasteiger partial charge in [-0.05, 0) is 18.8 Å². The molecule has 5 heteroatoms. The molecule has 0 aromatic carbocycles. The zero-order valence-electron chi connectivity index (χ0n) is 9.82. The van der Waals surface area contributed by atoms with Crippen molar-refractivity contribution < 1.29 is 9.59 Å². The second kappa shape index (κ2) is 7.69. The van der Waals surface area contributed by atoms with Gasteiger partial charge in [0.1, 0.15) is 5.92 Å². The van der Waals surface area contributed by atoms with Gasteiger partial charge in [-0.25, -0.2) is 0 Å². The minimum Gasteiger partial charge on any atom is -0.370 e. The third-order valence-electron chi connectivity index (χ3n) is 2.24. The summed E-state index contributed by atoms with van der Waals surface area (Å²) in [4.78, 5) is 21.9. The lowest BCUT2D eigenvalue weighted by Crippen LogP contribution is -2.33. The third-order valence-corrected chi connectivity index (χ3v) is 2.24. The van der Waals surface area contributed by atoms with Crippen LogP contribution in [0.2, 0.25) is 0 Å². The van der Waals surface area contributed by atoms with E-state index in [-0.39, 0.29) is 17.7 Å². The first-order valence-corrected chi connectivity index (χ1v) is 5.44. The van der Waals surface area contributed by atoms with E-state index >= 15 is 0 Å². The van der Waals surface area contributed by atoms with Gasteiger partial charge in [-0.1, -0.05) is 13.8 Å². The molecule has 2 amide bonds. The van der Waals surface area contributed by atoms with Crippen molar-refractivity contribution in [3.05, 3.63) is 0 Å². The van der Waals surface area contributed by atoms with Gasteiger partial charge in [-0.3, -0.25) is 9.59 Å². The maximum absolute atomic E-state index is 11.5. The molecule has 0 saturated heterocycles. The normalized spacial score (nSPS) is 11.9. The summed E-state index contributed by atoms with van der Waals surface area (Å²) in [6.07, 6.45) is 1.70. The van der Waals surface area contributed by atoms with Crippen LogP contribution in [0, 0.1) is 23.2 Å². The van der Waals surface area contributed by atoms with Crippen LogP contribution in [0.3, 0.4) is 0 Å². The number of rotatable bonds is 7. The van der Waals surface area contributed by atoms with Crippen LogP contribution in [-0.2, 0) is 9.59 Å². The largest absolute Gasteiger partial charge is 0.370 e. The lowest BCUT2D eigenvalue weighted by molar-refractivity contribution is -0.124. The van der Waals surface area contributed by atoms with Gasteiger partial charge in [-0.2, -0.15) is 5.26 Å². The van der Waals surface area contributed by atoms with Crippen LogP contribution < -0.4 is 11.1 Å². The van der Waals surface area contributed by atoms with Crippen molar-refractivity contribution in [1.82, 2.24) is 5.32 Å². The Labute approximate surface area is 96.0 Å². The zero-order chi connectivity index (χ0) is 12.6. The van der Waals surface area contributed by atoms with Gasteiger partial charge in [0.25, 0.3) is 0 Å². The summed E-state index contributed by atoms with van der Waals surface area (Å²) in [5.74, 6) is -1.16. The average molecular weight is 225 g/mol. The highest BCUT2D eigenvalue weighted by Crippen LogP contribution is 2.09. The van der Waals surface area contributed by atoms with Gasteiger partial charge in [0.05, 0.1) is 6.07 Å². The summed E-state index contributed by atoms with van der Waals surface area (Å²) in [5, 5.41) is 11.4. The van der Waals surface area contributed by atoms with Gasteiger partial charge in [0.15, 0.2) is 0 Å². The number of hydrogen-bond acceptors (Lipinski definition) is 3. The van der Waals surface area contributed by atoms with Crippen molar-refractivity contribution in [3.63, 3.8) is 0 Å². The molecule has 16 heavy (non-hydrogen) atoms. The maximum atomic E-state index is 11.5. The first-order valence-electron chi connectivity index (χ1n) is 5.44. The molecule has 0 aliphatic carbocycles. The molecule has 0 saturated carbocycles. The fourth-order valence-electron chi connectivity index (χ4n) is 1.26. The van der Waals surface area contributed by atoms with E-state index in [1.54, 1.807) is 0 Å². The van der Waals surface area contributed by atoms with Gasteiger partial charge in [-0.15, -0.1) is 0 Å². The van der Waals surface area contributed by atoms with E-state index in [1.807, 2.05) is 19.9 Å². The van der Waals surface area contributed by atoms with Crippen molar-refractivity contribution in [2.75, 3.05) is 6.54 Å². The van der Waals surface area contributed by atoms with Gasteiger partial charge in [0.2, 0.25) is 11.8 Å². The SMILES string of the molecule is CC(C)C(C#N)C(=O)NCCCCC(N)=O. The minimum atomic E-state index is -0.601. The van der Waals surface area contributed by atoms with Crippen molar-refractivity contribution >= 4 is 11.8 Å². The molecule has 90 valence electrons. The zero-order valence-corrected chi connectivity index (χ0v) is 9.82. The monoisotopic (exact) mass is 225 g/mol. The van der Waals surface area contributed by atoms with E-state index in [0.29, 0.717) is 25.8 Å². The maximum Gasteiger partial charge on any atom is 0.237 e. The van der Waals surface area contributed by atoms with Gasteiger partial charge in [0, 0.05) is 13.0 Å². The van der Waals surface area contributed by atoms with Crippen LogP contribution in [0.15, 0.2) is 0 Å². The Kier molecular flexibility index (Phi) is 6.93. The molecular formula is C11H19N3O2.